The van der Waals surface area contributed by atoms with Crippen molar-refractivity contribution in [1.82, 2.24) is 39.5 Å². The Morgan fingerprint density at radius 3 is 1.67 bits per heavy atom. The molecule has 6 aromatic rings. The number of nitrogens with one attached hydrogen (secondary N) is 2. The third kappa shape index (κ3) is 7.18. The summed E-state index contributed by atoms with van der Waals surface area (Å²) in [7, 11) is 0. The first-order chi connectivity index (χ1) is 21.7. The molecule has 1 fully saturated rings. The maximum Gasteiger partial charge on any atom is 0.230 e. The molecule has 1 saturated carbocycles. The van der Waals surface area contributed by atoms with Crippen LogP contribution in [0.1, 0.15) is 33.6 Å². The molecule has 14 nitrogen and oxygen atoms in total. The highest BCUT2D eigenvalue weighted by molar-refractivity contribution is 5.94. The van der Waals surface area contributed by atoms with E-state index in [1.165, 1.54) is 0 Å². The molecule has 0 aliphatic heterocycles. The lowest BCUT2D eigenvalue weighted by Crippen LogP contribution is -2.28. The zero-order chi connectivity index (χ0) is 31.4. The van der Waals surface area contributed by atoms with Gasteiger partial charge in [0, 0.05) is 48.3 Å². The van der Waals surface area contributed by atoms with Crippen LogP contribution in [0.5, 0.6) is 0 Å². The highest BCUT2D eigenvalue weighted by Gasteiger charge is 2.30. The highest BCUT2D eigenvalue weighted by atomic mass is 16.3. The largest absolute Gasteiger partial charge is 0.461 e. The lowest BCUT2D eigenvalue weighted by molar-refractivity contribution is -0.123. The summed E-state index contributed by atoms with van der Waals surface area (Å²) in [5, 5.41) is 14.0. The van der Waals surface area contributed by atoms with Gasteiger partial charge < -0.3 is 19.5 Å². The zero-order valence-electron chi connectivity index (χ0n) is 24.8. The Morgan fingerprint density at radius 2 is 1.27 bits per heavy atom. The van der Waals surface area contributed by atoms with Gasteiger partial charge in [-0.3, -0.25) is 9.59 Å². The minimum atomic E-state index is -0.526. The summed E-state index contributed by atoms with van der Waals surface area (Å²) >= 11 is 0. The lowest BCUT2D eigenvalue weighted by Gasteiger charge is -2.17. The van der Waals surface area contributed by atoms with Crippen molar-refractivity contribution >= 4 is 23.5 Å². The van der Waals surface area contributed by atoms with E-state index in [9.17, 15) is 9.59 Å². The summed E-state index contributed by atoms with van der Waals surface area (Å²) in [6, 6.07) is 14.0. The van der Waals surface area contributed by atoms with Gasteiger partial charge in [0.05, 0.1) is 12.5 Å². The Kier molecular flexibility index (Phi) is 8.01. The Hall–Kier alpha value is -5.92. The Bertz CT molecular complexity index is 1770. The Labute approximate surface area is 257 Å². The van der Waals surface area contributed by atoms with Gasteiger partial charge in [-0.1, -0.05) is 20.8 Å². The fraction of sp³-hybridized carbons (Fsp3) is 0.226. The van der Waals surface area contributed by atoms with Crippen LogP contribution in [0.15, 0.2) is 94.7 Å². The molecule has 0 spiro atoms. The van der Waals surface area contributed by atoms with Gasteiger partial charge in [0.1, 0.15) is 11.6 Å². The van der Waals surface area contributed by atoms with Crippen molar-refractivity contribution in [3.63, 3.8) is 0 Å². The van der Waals surface area contributed by atoms with Crippen LogP contribution in [-0.4, -0.2) is 51.3 Å². The third-order valence-corrected chi connectivity index (χ3v) is 6.51. The predicted octanol–water partition coefficient (Wildman–Crippen LogP) is 5.18. The first-order valence-corrected chi connectivity index (χ1v) is 14.2. The minimum absolute atomic E-state index is 0.00416. The number of nitrogens with zero attached hydrogens (tertiary/aromatic N) is 8. The quantitative estimate of drug-likeness (QED) is 0.247. The van der Waals surface area contributed by atoms with Crippen molar-refractivity contribution in [3.8, 4) is 34.8 Å². The lowest BCUT2D eigenvalue weighted by atomic mass is 9.96. The average molecular weight is 607 g/mol. The molecule has 0 unspecified atom stereocenters. The molecule has 1 aliphatic rings. The van der Waals surface area contributed by atoms with Crippen molar-refractivity contribution in [2.24, 2.45) is 11.3 Å². The molecule has 1 aliphatic carbocycles. The number of carbonyl (C=O) groups excluding carboxylic acids is 2. The van der Waals surface area contributed by atoms with E-state index in [4.69, 9.17) is 8.83 Å². The molecule has 0 bridgehead atoms. The molecule has 14 heteroatoms. The normalized spacial score (nSPS) is 12.7. The third-order valence-electron chi connectivity index (χ3n) is 6.51. The number of furan rings is 2. The molecule has 228 valence electrons. The molecule has 2 N–H and O–H groups in total. The van der Waals surface area contributed by atoms with Crippen LogP contribution >= 0.6 is 0 Å². The van der Waals surface area contributed by atoms with Crippen molar-refractivity contribution in [2.75, 3.05) is 10.6 Å². The second-order valence-corrected chi connectivity index (χ2v) is 11.2. The molecule has 7 rings (SSSR count). The van der Waals surface area contributed by atoms with Crippen molar-refractivity contribution in [1.29, 1.82) is 0 Å². The van der Waals surface area contributed by atoms with Crippen molar-refractivity contribution in [2.45, 2.75) is 33.6 Å². The molecular formula is C31H30N10O4. The van der Waals surface area contributed by atoms with Crippen LogP contribution in [-0.2, 0) is 9.59 Å². The zero-order valence-corrected chi connectivity index (χ0v) is 24.8. The smallest absolute Gasteiger partial charge is 0.230 e. The van der Waals surface area contributed by atoms with Crippen LogP contribution in [0, 0.1) is 11.3 Å². The summed E-state index contributed by atoms with van der Waals surface area (Å²) in [5.74, 6) is 3.77. The molecule has 0 aromatic carbocycles. The number of anilines is 2. The van der Waals surface area contributed by atoms with E-state index < -0.39 is 5.41 Å². The van der Waals surface area contributed by atoms with Gasteiger partial charge in [0.2, 0.25) is 11.8 Å². The number of rotatable bonds is 7. The molecule has 0 radical (unpaired) electrons. The predicted molar refractivity (Wildman–Crippen MR) is 163 cm³/mol. The molecule has 0 saturated heterocycles. The maximum absolute atomic E-state index is 12.2. The van der Waals surface area contributed by atoms with Crippen LogP contribution in [0.2, 0.25) is 0 Å². The second kappa shape index (κ2) is 12.4. The summed E-state index contributed by atoms with van der Waals surface area (Å²) < 4.78 is 13.9. The van der Waals surface area contributed by atoms with Gasteiger partial charge in [-0.2, -0.15) is 10.2 Å². The SMILES string of the molecule is CC(C)(C)C(=O)Nc1cc(-n2cccn2)nc(-c2ccco2)n1.O=C(Nc1cc(-n2cccn2)nc(-c2ccco2)n1)C1CC1. The number of amides is 2. The van der Waals surface area contributed by atoms with Crippen LogP contribution < -0.4 is 10.6 Å². The van der Waals surface area contributed by atoms with Gasteiger partial charge in [0.25, 0.3) is 0 Å². The number of hydrogen-bond acceptors (Lipinski definition) is 10. The van der Waals surface area contributed by atoms with Gasteiger partial charge in [-0.05, 0) is 49.2 Å². The van der Waals surface area contributed by atoms with E-state index in [0.717, 1.165) is 12.8 Å². The monoisotopic (exact) mass is 606 g/mol. The van der Waals surface area contributed by atoms with Crippen LogP contribution in [0.4, 0.5) is 11.6 Å². The summed E-state index contributed by atoms with van der Waals surface area (Å²) in [6.07, 6.45) is 11.8. The van der Waals surface area contributed by atoms with E-state index in [1.807, 2.05) is 20.8 Å². The number of aromatic nitrogens is 8. The first-order valence-electron chi connectivity index (χ1n) is 14.2. The fourth-order valence-corrected chi connectivity index (χ4v) is 3.95. The summed E-state index contributed by atoms with van der Waals surface area (Å²) in [5.41, 5.74) is -0.526. The molecule has 2 amide bonds. The first kappa shape index (κ1) is 29.2. The molecule has 0 atom stereocenters. The number of hydrogen-bond donors (Lipinski definition) is 2. The molecule has 45 heavy (non-hydrogen) atoms. The maximum atomic E-state index is 12.2. The van der Waals surface area contributed by atoms with Gasteiger partial charge >= 0.3 is 0 Å². The van der Waals surface area contributed by atoms with Crippen molar-refractivity contribution < 1.29 is 18.4 Å². The molecular weight excluding hydrogens is 576 g/mol. The van der Waals surface area contributed by atoms with E-state index in [2.05, 4.69) is 40.8 Å². The van der Waals surface area contributed by atoms with Crippen LogP contribution in [0.25, 0.3) is 34.8 Å². The highest BCUT2D eigenvalue weighted by Crippen LogP contribution is 2.30. The van der Waals surface area contributed by atoms with E-state index in [-0.39, 0.29) is 17.7 Å². The van der Waals surface area contributed by atoms with E-state index in [1.54, 1.807) is 95.2 Å². The van der Waals surface area contributed by atoms with Gasteiger partial charge in [-0.25, -0.2) is 29.3 Å². The summed E-state index contributed by atoms with van der Waals surface area (Å²) in [6.45, 7) is 5.52. The van der Waals surface area contributed by atoms with Crippen LogP contribution in [0.3, 0.4) is 0 Å². The number of carbonyl (C=O) groups is 2. The van der Waals surface area contributed by atoms with E-state index >= 15 is 0 Å². The van der Waals surface area contributed by atoms with E-state index in [0.29, 0.717) is 46.4 Å². The minimum Gasteiger partial charge on any atom is -0.461 e. The summed E-state index contributed by atoms with van der Waals surface area (Å²) in [4.78, 5) is 41.7. The van der Waals surface area contributed by atoms with Crippen molar-refractivity contribution in [3.05, 3.63) is 85.8 Å². The molecule has 6 heterocycles. The second-order valence-electron chi connectivity index (χ2n) is 11.2. The Balaban J connectivity index is 0.000000159. The van der Waals surface area contributed by atoms with Gasteiger partial charge in [0.15, 0.2) is 34.8 Å². The fourth-order valence-electron chi connectivity index (χ4n) is 3.95. The Morgan fingerprint density at radius 1 is 0.756 bits per heavy atom. The average Bonchev–Trinajstić information content (AvgIpc) is 3.62. The molecule has 6 aromatic heterocycles. The topological polar surface area (TPSA) is 172 Å². The van der Waals surface area contributed by atoms with Gasteiger partial charge in [-0.15, -0.1) is 0 Å². The standard InChI is InChI=1S/C16H17N5O2.C15H13N5O2/c1-16(2,3)15(22)19-12-10-13(21-8-5-7-17-21)20-14(18-12)11-6-4-9-23-11;21-15(10-4-5-10)18-12-9-13(20-7-2-6-16-20)19-14(17-12)11-3-1-8-22-11/h4-10H,1-3H3,(H,18,19,20,22);1-3,6-10H,4-5H2,(H,17,18,19,21).